The smallest absolute Gasteiger partial charge is 0.480 e. The molecular formula is C23H21F4N3O4. The lowest BCUT2D eigenvalue weighted by Gasteiger charge is -2.39. The third-order valence-corrected chi connectivity index (χ3v) is 7.14. The molecule has 1 N–H and O–H groups in total. The van der Waals surface area contributed by atoms with Gasteiger partial charge in [-0.05, 0) is 62.3 Å². The molecule has 2 aromatic rings. The minimum atomic E-state index is -4.64. The molecule has 5 aliphatic rings. The Morgan fingerprint density at radius 2 is 1.97 bits per heavy atom. The Hall–Kier alpha value is -2.95. The van der Waals surface area contributed by atoms with Crippen LogP contribution >= 0.6 is 0 Å². The lowest BCUT2D eigenvalue weighted by molar-refractivity contribution is -0.352. The summed E-state index contributed by atoms with van der Waals surface area (Å²) in [5.41, 5.74) is 2.37. The normalized spacial score (nSPS) is 26.9. The van der Waals surface area contributed by atoms with Crippen LogP contribution in [0.25, 0.3) is 5.57 Å². The Bertz CT molecular complexity index is 1180. The van der Waals surface area contributed by atoms with Crippen LogP contribution in [0.2, 0.25) is 0 Å². The minimum absolute atomic E-state index is 0.185. The largest absolute Gasteiger partial charge is 0.522 e. The van der Waals surface area contributed by atoms with Crippen molar-refractivity contribution in [3.8, 4) is 5.75 Å². The number of carbonyl (C=O) groups is 1. The van der Waals surface area contributed by atoms with Crippen molar-refractivity contribution >= 4 is 11.5 Å². The molecule has 1 aliphatic heterocycles. The SMILES string of the molecule is O=C(NC12CC(=C(c3nnc([C@H]4C[C@@H](OC(F)(F)F)C4)o3)C1)C2)[C@@H]1CCc2cc(F)ccc2O1. The molecule has 7 nitrogen and oxygen atoms in total. The average Bonchev–Trinajstić information content (AvgIpc) is 3.42. The van der Waals surface area contributed by atoms with E-state index in [9.17, 15) is 22.4 Å². The highest BCUT2D eigenvalue weighted by molar-refractivity contribution is 5.85. The topological polar surface area (TPSA) is 86.5 Å². The summed E-state index contributed by atoms with van der Waals surface area (Å²) >= 11 is 0. The summed E-state index contributed by atoms with van der Waals surface area (Å²) in [7, 11) is 0. The van der Waals surface area contributed by atoms with Crippen molar-refractivity contribution in [3.05, 3.63) is 46.9 Å². The summed E-state index contributed by atoms with van der Waals surface area (Å²) in [6.07, 6.45) is -2.84. The molecule has 1 atom stereocenters. The van der Waals surface area contributed by atoms with E-state index in [0.29, 0.717) is 49.6 Å². The van der Waals surface area contributed by atoms with Crippen molar-refractivity contribution in [2.75, 3.05) is 0 Å². The van der Waals surface area contributed by atoms with E-state index < -0.39 is 24.1 Å². The van der Waals surface area contributed by atoms with Gasteiger partial charge in [0.2, 0.25) is 11.8 Å². The molecule has 1 aromatic heterocycles. The number of aryl methyl sites for hydroxylation is 1. The van der Waals surface area contributed by atoms with Crippen LogP contribution in [-0.2, 0) is 16.0 Å². The number of benzene rings is 1. The molecule has 0 saturated heterocycles. The van der Waals surface area contributed by atoms with E-state index in [1.54, 1.807) is 6.07 Å². The maximum atomic E-state index is 13.4. The van der Waals surface area contributed by atoms with Crippen LogP contribution in [0.15, 0.2) is 28.2 Å². The maximum absolute atomic E-state index is 13.4. The van der Waals surface area contributed by atoms with Gasteiger partial charge in [-0.25, -0.2) is 4.39 Å². The summed E-state index contributed by atoms with van der Waals surface area (Å²) in [6, 6.07) is 4.29. The molecule has 2 saturated carbocycles. The van der Waals surface area contributed by atoms with Gasteiger partial charge in [0.05, 0.1) is 11.6 Å². The molecule has 180 valence electrons. The molecule has 34 heavy (non-hydrogen) atoms. The average molecular weight is 479 g/mol. The van der Waals surface area contributed by atoms with Crippen molar-refractivity contribution in [2.24, 2.45) is 0 Å². The highest BCUT2D eigenvalue weighted by atomic mass is 19.4. The number of rotatable bonds is 5. The van der Waals surface area contributed by atoms with Crippen LogP contribution in [0.4, 0.5) is 17.6 Å². The Morgan fingerprint density at radius 1 is 1.18 bits per heavy atom. The molecule has 1 amide bonds. The first-order chi connectivity index (χ1) is 16.2. The monoisotopic (exact) mass is 479 g/mol. The van der Waals surface area contributed by atoms with Gasteiger partial charge < -0.3 is 14.5 Å². The molecule has 2 fully saturated rings. The number of ether oxygens (including phenoxy) is 2. The minimum Gasteiger partial charge on any atom is -0.480 e. The molecule has 2 bridgehead atoms. The predicted molar refractivity (Wildman–Crippen MR) is 108 cm³/mol. The predicted octanol–water partition coefficient (Wildman–Crippen LogP) is 4.19. The van der Waals surface area contributed by atoms with E-state index in [4.69, 9.17) is 9.15 Å². The third kappa shape index (κ3) is 3.85. The molecule has 4 aliphatic carbocycles. The second-order valence-electron chi connectivity index (χ2n) is 9.58. The first-order valence-electron chi connectivity index (χ1n) is 11.2. The molecule has 1 aromatic carbocycles. The van der Waals surface area contributed by atoms with Crippen molar-refractivity contribution in [3.63, 3.8) is 0 Å². The van der Waals surface area contributed by atoms with Gasteiger partial charge in [-0.2, -0.15) is 0 Å². The van der Waals surface area contributed by atoms with Gasteiger partial charge in [-0.1, -0.05) is 5.57 Å². The summed E-state index contributed by atoms with van der Waals surface area (Å²) in [5.74, 6) is 0.436. The number of amides is 1. The zero-order valence-corrected chi connectivity index (χ0v) is 18.0. The second kappa shape index (κ2) is 7.53. The van der Waals surface area contributed by atoms with E-state index in [1.165, 1.54) is 12.1 Å². The summed E-state index contributed by atoms with van der Waals surface area (Å²) in [4.78, 5) is 12.9. The molecule has 7 rings (SSSR count). The van der Waals surface area contributed by atoms with Crippen molar-refractivity contribution in [2.45, 2.75) is 75.0 Å². The molecule has 0 unspecified atom stereocenters. The summed E-state index contributed by atoms with van der Waals surface area (Å²) in [6.45, 7) is 0. The van der Waals surface area contributed by atoms with Crippen LogP contribution in [0, 0.1) is 5.82 Å². The Balaban J connectivity index is 1.05. The number of carbonyl (C=O) groups excluding carboxylic acids is 1. The molecule has 11 heteroatoms. The zero-order chi connectivity index (χ0) is 23.7. The summed E-state index contributed by atoms with van der Waals surface area (Å²) < 4.78 is 65.9. The lowest BCUT2D eigenvalue weighted by Crippen LogP contribution is -2.55. The summed E-state index contributed by atoms with van der Waals surface area (Å²) in [5, 5.41) is 11.3. The maximum Gasteiger partial charge on any atom is 0.522 e. The van der Waals surface area contributed by atoms with E-state index in [0.717, 1.165) is 16.7 Å². The van der Waals surface area contributed by atoms with Gasteiger partial charge in [-0.15, -0.1) is 23.4 Å². The highest BCUT2D eigenvalue weighted by Gasteiger charge is 2.52. The van der Waals surface area contributed by atoms with E-state index in [-0.39, 0.29) is 30.5 Å². The van der Waals surface area contributed by atoms with Gasteiger partial charge in [0.25, 0.3) is 5.91 Å². The van der Waals surface area contributed by atoms with Gasteiger partial charge in [0.15, 0.2) is 6.10 Å². The second-order valence-corrected chi connectivity index (χ2v) is 9.58. The van der Waals surface area contributed by atoms with Crippen molar-refractivity contribution in [1.82, 2.24) is 15.5 Å². The highest BCUT2D eigenvalue weighted by Crippen LogP contribution is 2.55. The number of hydrogen-bond acceptors (Lipinski definition) is 6. The van der Waals surface area contributed by atoms with E-state index in [1.807, 2.05) is 0 Å². The standard InChI is InChI=1S/C23H21F4N3O4/c24-14-2-4-17-11(5-14)1-3-18(32-17)19(31)28-22-8-13(9-22)16(10-22)21-30-29-20(33-21)12-6-15(7-12)34-23(25,26)27/h2,4-5,12,15,18H,1,3,6-10H2,(H,28,31)/t12-,15+,18-/m0/s1. The van der Waals surface area contributed by atoms with Gasteiger partial charge in [0.1, 0.15) is 11.6 Å². The zero-order valence-electron chi connectivity index (χ0n) is 18.0. The van der Waals surface area contributed by atoms with Gasteiger partial charge in [-0.3, -0.25) is 9.53 Å². The van der Waals surface area contributed by atoms with Crippen molar-refractivity contribution < 1.29 is 36.2 Å². The fourth-order valence-corrected chi connectivity index (χ4v) is 5.38. The van der Waals surface area contributed by atoms with Crippen LogP contribution < -0.4 is 10.1 Å². The van der Waals surface area contributed by atoms with Crippen LogP contribution in [0.1, 0.15) is 61.8 Å². The fraction of sp³-hybridized carbons (Fsp3) is 0.522. The van der Waals surface area contributed by atoms with Crippen LogP contribution in [0.3, 0.4) is 0 Å². The number of fused-ring (bicyclic) bond motifs is 2. The third-order valence-electron chi connectivity index (χ3n) is 7.14. The quantitative estimate of drug-likeness (QED) is 0.648. The fourth-order valence-electron chi connectivity index (χ4n) is 5.38. The van der Waals surface area contributed by atoms with E-state index >= 15 is 0 Å². The molecular weight excluding hydrogens is 458 g/mol. The molecule has 0 radical (unpaired) electrons. The van der Waals surface area contributed by atoms with E-state index in [2.05, 4.69) is 20.3 Å². The van der Waals surface area contributed by atoms with Gasteiger partial charge >= 0.3 is 6.36 Å². The number of halogens is 4. The number of hydrogen-bond donors (Lipinski definition) is 1. The van der Waals surface area contributed by atoms with Crippen LogP contribution in [-0.4, -0.2) is 40.2 Å². The number of nitrogens with zero attached hydrogens (tertiary/aromatic N) is 2. The molecule has 0 spiro atoms. The van der Waals surface area contributed by atoms with Crippen molar-refractivity contribution in [1.29, 1.82) is 0 Å². The van der Waals surface area contributed by atoms with Gasteiger partial charge in [0, 0.05) is 17.9 Å². The lowest BCUT2D eigenvalue weighted by atomic mass is 9.78. The van der Waals surface area contributed by atoms with Crippen LogP contribution in [0.5, 0.6) is 5.75 Å². The number of aromatic nitrogens is 2. The Morgan fingerprint density at radius 3 is 2.74 bits per heavy atom. The molecule has 2 heterocycles. The first kappa shape index (κ1) is 21.6. The number of alkyl halides is 3. The first-order valence-corrected chi connectivity index (χ1v) is 11.2. The Kier molecular flexibility index (Phi) is 4.78. The Labute approximate surface area is 191 Å². The number of nitrogens with one attached hydrogen (secondary N) is 1.